The van der Waals surface area contributed by atoms with Gasteiger partial charge < -0.3 is 19.2 Å². The molecule has 2 heterocycles. The standard InChI is InChI=1S/C25H23N3O3/c1-17-7-10-19(21-16-28-13-5-4-6-24(28)26-21)15-20(17)27-25(29)12-9-18-8-11-22(30-2)23(14-18)31-3/h4-16H,1-3H3,(H,27,29)/b12-9+. The summed E-state index contributed by atoms with van der Waals surface area (Å²) in [6.07, 6.45) is 7.17. The number of fused-ring (bicyclic) bond motifs is 1. The van der Waals surface area contributed by atoms with E-state index in [4.69, 9.17) is 9.47 Å². The van der Waals surface area contributed by atoms with Crippen LogP contribution in [-0.4, -0.2) is 29.5 Å². The number of carbonyl (C=O) groups excluding carboxylic acids is 1. The molecule has 4 rings (SSSR count). The lowest BCUT2D eigenvalue weighted by molar-refractivity contribution is -0.111. The Morgan fingerprint density at radius 3 is 2.65 bits per heavy atom. The van der Waals surface area contributed by atoms with Gasteiger partial charge in [-0.25, -0.2) is 4.98 Å². The maximum atomic E-state index is 12.5. The van der Waals surface area contributed by atoms with E-state index in [2.05, 4.69) is 10.3 Å². The van der Waals surface area contributed by atoms with E-state index < -0.39 is 0 Å². The molecule has 156 valence electrons. The third-order valence-electron chi connectivity index (χ3n) is 4.99. The fraction of sp³-hybridized carbons (Fsp3) is 0.120. The number of aryl methyl sites for hydroxylation is 1. The first-order chi connectivity index (χ1) is 15.1. The molecule has 0 radical (unpaired) electrons. The van der Waals surface area contributed by atoms with Gasteiger partial charge in [-0.1, -0.05) is 24.3 Å². The van der Waals surface area contributed by atoms with Crippen LogP contribution in [0.3, 0.4) is 0 Å². The lowest BCUT2D eigenvalue weighted by Crippen LogP contribution is -2.09. The number of rotatable bonds is 6. The van der Waals surface area contributed by atoms with Crippen LogP contribution in [0.5, 0.6) is 11.5 Å². The molecule has 2 aromatic heterocycles. The van der Waals surface area contributed by atoms with Gasteiger partial charge in [0.1, 0.15) is 5.65 Å². The highest BCUT2D eigenvalue weighted by atomic mass is 16.5. The molecular weight excluding hydrogens is 390 g/mol. The molecule has 0 unspecified atom stereocenters. The molecule has 0 saturated heterocycles. The summed E-state index contributed by atoms with van der Waals surface area (Å²) in [5.41, 5.74) is 5.22. The topological polar surface area (TPSA) is 64.9 Å². The molecule has 2 aromatic carbocycles. The molecule has 0 aliphatic heterocycles. The van der Waals surface area contributed by atoms with Gasteiger partial charge in [-0.2, -0.15) is 0 Å². The predicted molar refractivity (Wildman–Crippen MR) is 123 cm³/mol. The number of amides is 1. The minimum Gasteiger partial charge on any atom is -0.493 e. The molecule has 6 nitrogen and oxygen atoms in total. The summed E-state index contributed by atoms with van der Waals surface area (Å²) in [4.78, 5) is 17.2. The van der Waals surface area contributed by atoms with Crippen molar-refractivity contribution in [1.82, 2.24) is 9.38 Å². The smallest absolute Gasteiger partial charge is 0.248 e. The minimum atomic E-state index is -0.218. The van der Waals surface area contributed by atoms with E-state index in [1.807, 2.05) is 72.2 Å². The van der Waals surface area contributed by atoms with Crippen LogP contribution in [0.1, 0.15) is 11.1 Å². The average Bonchev–Trinajstić information content (AvgIpc) is 3.23. The molecule has 0 spiro atoms. The lowest BCUT2D eigenvalue weighted by atomic mass is 10.1. The van der Waals surface area contributed by atoms with Crippen LogP contribution in [-0.2, 0) is 4.79 Å². The van der Waals surface area contributed by atoms with Crippen molar-refractivity contribution in [2.75, 3.05) is 19.5 Å². The number of imidazole rings is 1. The fourth-order valence-corrected chi connectivity index (χ4v) is 3.29. The predicted octanol–water partition coefficient (Wildman–Crippen LogP) is 4.98. The second-order valence-electron chi connectivity index (χ2n) is 7.06. The molecule has 0 aliphatic carbocycles. The summed E-state index contributed by atoms with van der Waals surface area (Å²) in [5.74, 6) is 1.04. The molecule has 0 bridgehead atoms. The van der Waals surface area contributed by atoms with E-state index in [0.29, 0.717) is 11.5 Å². The summed E-state index contributed by atoms with van der Waals surface area (Å²) >= 11 is 0. The highest BCUT2D eigenvalue weighted by Gasteiger charge is 2.09. The van der Waals surface area contributed by atoms with Gasteiger partial charge in [-0.05, 0) is 54.5 Å². The van der Waals surface area contributed by atoms with Gasteiger partial charge in [-0.3, -0.25) is 4.79 Å². The Hall–Kier alpha value is -4.06. The van der Waals surface area contributed by atoms with Crippen molar-refractivity contribution in [1.29, 1.82) is 0 Å². The Kier molecular flexibility index (Phi) is 5.71. The van der Waals surface area contributed by atoms with Crippen LogP contribution in [0.2, 0.25) is 0 Å². The van der Waals surface area contributed by atoms with Crippen LogP contribution in [0.4, 0.5) is 5.69 Å². The van der Waals surface area contributed by atoms with Gasteiger partial charge in [0, 0.05) is 29.7 Å². The Morgan fingerprint density at radius 2 is 1.87 bits per heavy atom. The van der Waals surface area contributed by atoms with E-state index in [9.17, 15) is 4.79 Å². The van der Waals surface area contributed by atoms with Gasteiger partial charge in [0.05, 0.1) is 19.9 Å². The SMILES string of the molecule is COc1ccc(/C=C/C(=O)Nc2cc(-c3cn4ccccc4n3)ccc2C)cc1OC. The van der Waals surface area contributed by atoms with Crippen molar-refractivity contribution in [3.63, 3.8) is 0 Å². The van der Waals surface area contributed by atoms with Gasteiger partial charge in [0.15, 0.2) is 11.5 Å². The van der Waals surface area contributed by atoms with Crippen molar-refractivity contribution in [2.45, 2.75) is 6.92 Å². The number of pyridine rings is 1. The summed E-state index contributed by atoms with van der Waals surface area (Å²) < 4.78 is 12.5. The van der Waals surface area contributed by atoms with Crippen molar-refractivity contribution in [3.8, 4) is 22.8 Å². The normalized spacial score (nSPS) is 11.1. The van der Waals surface area contributed by atoms with Crippen LogP contribution in [0, 0.1) is 6.92 Å². The molecule has 0 aliphatic rings. The minimum absolute atomic E-state index is 0.218. The maximum absolute atomic E-state index is 12.5. The zero-order valence-electron chi connectivity index (χ0n) is 17.6. The van der Waals surface area contributed by atoms with Crippen LogP contribution in [0.25, 0.3) is 23.0 Å². The van der Waals surface area contributed by atoms with E-state index in [0.717, 1.165) is 33.7 Å². The number of aromatic nitrogens is 2. The Balaban J connectivity index is 1.53. The Bertz CT molecular complexity index is 1240. The number of methoxy groups -OCH3 is 2. The number of nitrogens with one attached hydrogen (secondary N) is 1. The van der Waals surface area contributed by atoms with Gasteiger partial charge in [0.2, 0.25) is 5.91 Å². The Labute approximate surface area is 180 Å². The van der Waals surface area contributed by atoms with Gasteiger partial charge in [0.25, 0.3) is 0 Å². The molecule has 4 aromatic rings. The lowest BCUT2D eigenvalue weighted by Gasteiger charge is -2.09. The summed E-state index contributed by atoms with van der Waals surface area (Å²) in [6, 6.07) is 17.3. The first-order valence-electron chi connectivity index (χ1n) is 9.83. The molecular formula is C25H23N3O3. The van der Waals surface area contributed by atoms with Crippen LogP contribution in [0.15, 0.2) is 73.1 Å². The second-order valence-corrected chi connectivity index (χ2v) is 7.06. The third-order valence-corrected chi connectivity index (χ3v) is 4.99. The number of nitrogens with zero attached hydrogens (tertiary/aromatic N) is 2. The van der Waals surface area contributed by atoms with E-state index in [1.54, 1.807) is 26.4 Å². The molecule has 1 N–H and O–H groups in total. The summed E-state index contributed by atoms with van der Waals surface area (Å²) in [7, 11) is 3.17. The molecule has 0 fully saturated rings. The van der Waals surface area contributed by atoms with Gasteiger partial charge in [-0.15, -0.1) is 0 Å². The number of hydrogen-bond acceptors (Lipinski definition) is 4. The average molecular weight is 413 g/mol. The zero-order chi connectivity index (χ0) is 21.8. The van der Waals surface area contributed by atoms with Crippen molar-refractivity contribution in [2.24, 2.45) is 0 Å². The first-order valence-corrected chi connectivity index (χ1v) is 9.83. The molecule has 0 saturated carbocycles. The monoisotopic (exact) mass is 413 g/mol. The Morgan fingerprint density at radius 1 is 1.03 bits per heavy atom. The highest BCUT2D eigenvalue weighted by molar-refractivity contribution is 6.02. The third kappa shape index (κ3) is 4.43. The van der Waals surface area contributed by atoms with Crippen molar-refractivity contribution in [3.05, 3.63) is 84.2 Å². The van der Waals surface area contributed by atoms with Crippen molar-refractivity contribution < 1.29 is 14.3 Å². The van der Waals surface area contributed by atoms with E-state index in [1.165, 1.54) is 6.08 Å². The molecule has 1 amide bonds. The summed E-state index contributed by atoms with van der Waals surface area (Å²) in [5, 5.41) is 2.96. The van der Waals surface area contributed by atoms with Gasteiger partial charge >= 0.3 is 0 Å². The maximum Gasteiger partial charge on any atom is 0.248 e. The molecule has 0 atom stereocenters. The first kappa shape index (κ1) is 20.2. The van der Waals surface area contributed by atoms with Crippen LogP contribution < -0.4 is 14.8 Å². The number of benzene rings is 2. The molecule has 6 heteroatoms. The number of carbonyl (C=O) groups is 1. The number of hydrogen-bond donors (Lipinski definition) is 1. The quantitative estimate of drug-likeness (QED) is 0.453. The second kappa shape index (κ2) is 8.75. The summed E-state index contributed by atoms with van der Waals surface area (Å²) in [6.45, 7) is 1.96. The largest absolute Gasteiger partial charge is 0.493 e. The van der Waals surface area contributed by atoms with Crippen LogP contribution >= 0.6 is 0 Å². The molecule has 31 heavy (non-hydrogen) atoms. The zero-order valence-corrected chi connectivity index (χ0v) is 17.6. The van der Waals surface area contributed by atoms with Crippen molar-refractivity contribution >= 4 is 23.3 Å². The number of anilines is 1. The number of ether oxygens (including phenoxy) is 2. The van der Waals surface area contributed by atoms with E-state index >= 15 is 0 Å². The van der Waals surface area contributed by atoms with E-state index in [-0.39, 0.29) is 5.91 Å². The fourth-order valence-electron chi connectivity index (χ4n) is 3.29. The highest BCUT2D eigenvalue weighted by Crippen LogP contribution is 2.28.